The van der Waals surface area contributed by atoms with Gasteiger partial charge in [0.1, 0.15) is 11.6 Å². The molecule has 3 rings (SSSR count). The molecular formula is C15H21N5. The second-order valence-corrected chi connectivity index (χ2v) is 5.46. The SMILES string of the molecule is CN(Cc1nc(N)c2ccccc2n1)C1CCCNC1. The number of nitrogens with zero attached hydrogens (tertiary/aromatic N) is 3. The largest absolute Gasteiger partial charge is 0.383 e. The van der Waals surface area contributed by atoms with Crippen LogP contribution in [0, 0.1) is 0 Å². The highest BCUT2D eigenvalue weighted by atomic mass is 15.2. The molecule has 1 aromatic carbocycles. The van der Waals surface area contributed by atoms with Gasteiger partial charge in [0.25, 0.3) is 0 Å². The van der Waals surface area contributed by atoms with E-state index in [0.29, 0.717) is 11.9 Å². The Morgan fingerprint density at radius 3 is 3.00 bits per heavy atom. The lowest BCUT2D eigenvalue weighted by Gasteiger charge is -2.31. The van der Waals surface area contributed by atoms with Gasteiger partial charge in [-0.2, -0.15) is 0 Å². The Kier molecular flexibility index (Phi) is 3.80. The van der Waals surface area contributed by atoms with Crippen molar-refractivity contribution in [2.45, 2.75) is 25.4 Å². The number of anilines is 1. The van der Waals surface area contributed by atoms with Crippen LogP contribution >= 0.6 is 0 Å². The van der Waals surface area contributed by atoms with Crippen molar-refractivity contribution >= 4 is 16.7 Å². The minimum Gasteiger partial charge on any atom is -0.383 e. The highest BCUT2D eigenvalue weighted by Gasteiger charge is 2.18. The summed E-state index contributed by atoms with van der Waals surface area (Å²) in [5.41, 5.74) is 6.95. The number of hydrogen-bond acceptors (Lipinski definition) is 5. The fourth-order valence-corrected chi connectivity index (χ4v) is 2.78. The molecule has 0 saturated carbocycles. The second kappa shape index (κ2) is 5.73. The van der Waals surface area contributed by atoms with E-state index in [4.69, 9.17) is 5.73 Å². The molecule has 0 bridgehead atoms. The second-order valence-electron chi connectivity index (χ2n) is 5.46. The number of para-hydroxylation sites is 1. The van der Waals surface area contributed by atoms with Crippen LogP contribution in [0.25, 0.3) is 10.9 Å². The Morgan fingerprint density at radius 2 is 2.20 bits per heavy atom. The molecule has 2 heterocycles. The molecule has 0 radical (unpaired) electrons. The van der Waals surface area contributed by atoms with Crippen LogP contribution in [0.4, 0.5) is 5.82 Å². The quantitative estimate of drug-likeness (QED) is 0.883. The molecule has 1 aromatic heterocycles. The third-order valence-electron chi connectivity index (χ3n) is 3.96. The first-order valence-corrected chi connectivity index (χ1v) is 7.16. The zero-order valence-corrected chi connectivity index (χ0v) is 11.8. The molecule has 1 atom stereocenters. The van der Waals surface area contributed by atoms with Crippen molar-refractivity contribution in [3.05, 3.63) is 30.1 Å². The number of likely N-dealkylation sites (N-methyl/N-ethyl adjacent to an activating group) is 1. The monoisotopic (exact) mass is 271 g/mol. The summed E-state index contributed by atoms with van der Waals surface area (Å²) in [6, 6.07) is 8.44. The lowest BCUT2D eigenvalue weighted by Crippen LogP contribution is -2.43. The molecule has 106 valence electrons. The summed E-state index contributed by atoms with van der Waals surface area (Å²) in [5, 5.41) is 4.36. The summed E-state index contributed by atoms with van der Waals surface area (Å²) in [6.45, 7) is 2.91. The number of nitrogen functional groups attached to an aromatic ring is 1. The van der Waals surface area contributed by atoms with Gasteiger partial charge in [0.2, 0.25) is 0 Å². The third-order valence-corrected chi connectivity index (χ3v) is 3.96. The highest BCUT2D eigenvalue weighted by molar-refractivity contribution is 5.87. The molecule has 1 fully saturated rings. The molecule has 3 N–H and O–H groups in total. The summed E-state index contributed by atoms with van der Waals surface area (Å²) >= 11 is 0. The number of rotatable bonds is 3. The Morgan fingerprint density at radius 1 is 1.35 bits per heavy atom. The van der Waals surface area contributed by atoms with Crippen LogP contribution in [0.3, 0.4) is 0 Å². The molecule has 1 aliphatic heterocycles. The summed E-state index contributed by atoms with van der Waals surface area (Å²) in [6.07, 6.45) is 2.46. The standard InChI is InChI=1S/C15H21N5/c1-20(11-5-4-8-17-9-11)10-14-18-13-7-3-2-6-12(13)15(16)19-14/h2-3,6-7,11,17H,4-5,8-10H2,1H3,(H2,16,18,19). The molecule has 1 saturated heterocycles. The Labute approximate surface area is 119 Å². The Balaban J connectivity index is 1.80. The molecule has 0 aliphatic carbocycles. The van der Waals surface area contributed by atoms with Crippen molar-refractivity contribution in [3.8, 4) is 0 Å². The average molecular weight is 271 g/mol. The van der Waals surface area contributed by atoms with E-state index in [1.807, 2.05) is 24.3 Å². The fraction of sp³-hybridized carbons (Fsp3) is 0.467. The van der Waals surface area contributed by atoms with Crippen LogP contribution in [-0.4, -0.2) is 41.0 Å². The van der Waals surface area contributed by atoms with Crippen LogP contribution < -0.4 is 11.1 Å². The van der Waals surface area contributed by atoms with Crippen molar-refractivity contribution in [2.75, 3.05) is 25.9 Å². The normalized spacial score (nSPS) is 19.6. The van der Waals surface area contributed by atoms with Crippen molar-refractivity contribution in [1.82, 2.24) is 20.2 Å². The van der Waals surface area contributed by atoms with Gasteiger partial charge in [0.05, 0.1) is 12.1 Å². The van der Waals surface area contributed by atoms with E-state index in [1.165, 1.54) is 12.8 Å². The molecule has 2 aromatic rings. The van der Waals surface area contributed by atoms with E-state index in [2.05, 4.69) is 27.2 Å². The maximum Gasteiger partial charge on any atom is 0.145 e. The number of nitrogens with two attached hydrogens (primary N) is 1. The van der Waals surface area contributed by atoms with E-state index in [9.17, 15) is 0 Å². The van der Waals surface area contributed by atoms with Gasteiger partial charge < -0.3 is 11.1 Å². The van der Waals surface area contributed by atoms with Crippen LogP contribution in [0.5, 0.6) is 0 Å². The number of nitrogens with one attached hydrogen (secondary N) is 1. The predicted molar refractivity (Wildman–Crippen MR) is 81.3 cm³/mol. The van der Waals surface area contributed by atoms with Gasteiger partial charge in [0.15, 0.2) is 0 Å². The van der Waals surface area contributed by atoms with Gasteiger partial charge in [-0.15, -0.1) is 0 Å². The first kappa shape index (κ1) is 13.3. The van der Waals surface area contributed by atoms with Gasteiger partial charge in [-0.1, -0.05) is 12.1 Å². The molecule has 20 heavy (non-hydrogen) atoms. The van der Waals surface area contributed by atoms with E-state index in [1.54, 1.807) is 0 Å². The molecule has 0 amide bonds. The maximum absolute atomic E-state index is 6.03. The van der Waals surface area contributed by atoms with Crippen LogP contribution in [0.2, 0.25) is 0 Å². The molecule has 5 heteroatoms. The van der Waals surface area contributed by atoms with E-state index < -0.39 is 0 Å². The van der Waals surface area contributed by atoms with E-state index in [-0.39, 0.29) is 0 Å². The van der Waals surface area contributed by atoms with Crippen LogP contribution in [0.1, 0.15) is 18.7 Å². The minimum atomic E-state index is 0.556. The summed E-state index contributed by atoms with van der Waals surface area (Å²) in [4.78, 5) is 11.4. The van der Waals surface area contributed by atoms with Crippen molar-refractivity contribution in [1.29, 1.82) is 0 Å². The Bertz CT molecular complexity index is 592. The Hall–Kier alpha value is -1.72. The molecule has 0 spiro atoms. The zero-order chi connectivity index (χ0) is 13.9. The topological polar surface area (TPSA) is 67.1 Å². The summed E-state index contributed by atoms with van der Waals surface area (Å²) < 4.78 is 0. The summed E-state index contributed by atoms with van der Waals surface area (Å²) in [5.74, 6) is 1.37. The summed E-state index contributed by atoms with van der Waals surface area (Å²) in [7, 11) is 2.13. The number of piperidine rings is 1. The van der Waals surface area contributed by atoms with Crippen molar-refractivity contribution < 1.29 is 0 Å². The van der Waals surface area contributed by atoms with Gasteiger partial charge in [0, 0.05) is 18.0 Å². The number of fused-ring (bicyclic) bond motifs is 1. The van der Waals surface area contributed by atoms with Gasteiger partial charge >= 0.3 is 0 Å². The number of aromatic nitrogens is 2. The zero-order valence-electron chi connectivity index (χ0n) is 11.8. The van der Waals surface area contributed by atoms with E-state index >= 15 is 0 Å². The average Bonchev–Trinajstić information content (AvgIpc) is 2.48. The maximum atomic E-state index is 6.03. The van der Waals surface area contributed by atoms with Gasteiger partial charge in [-0.3, -0.25) is 4.90 Å². The number of benzene rings is 1. The first-order valence-electron chi connectivity index (χ1n) is 7.16. The molecular weight excluding hydrogens is 250 g/mol. The van der Waals surface area contributed by atoms with Crippen molar-refractivity contribution in [2.24, 2.45) is 0 Å². The first-order chi connectivity index (χ1) is 9.74. The van der Waals surface area contributed by atoms with Gasteiger partial charge in [-0.05, 0) is 38.6 Å². The number of hydrogen-bond donors (Lipinski definition) is 2. The van der Waals surface area contributed by atoms with Gasteiger partial charge in [-0.25, -0.2) is 9.97 Å². The molecule has 1 unspecified atom stereocenters. The van der Waals surface area contributed by atoms with Crippen LogP contribution in [0.15, 0.2) is 24.3 Å². The lowest BCUT2D eigenvalue weighted by molar-refractivity contribution is 0.192. The van der Waals surface area contributed by atoms with Crippen LogP contribution in [-0.2, 0) is 6.54 Å². The predicted octanol–water partition coefficient (Wildman–Crippen LogP) is 1.40. The fourth-order valence-electron chi connectivity index (χ4n) is 2.78. The minimum absolute atomic E-state index is 0.556. The molecule has 1 aliphatic rings. The lowest BCUT2D eigenvalue weighted by atomic mass is 10.1. The van der Waals surface area contributed by atoms with Crippen molar-refractivity contribution in [3.63, 3.8) is 0 Å². The van der Waals surface area contributed by atoms with E-state index in [0.717, 1.165) is 36.4 Å². The smallest absolute Gasteiger partial charge is 0.145 e. The molecule has 5 nitrogen and oxygen atoms in total. The third kappa shape index (κ3) is 2.73. The highest BCUT2D eigenvalue weighted by Crippen LogP contribution is 2.18.